The summed E-state index contributed by atoms with van der Waals surface area (Å²) in [4.78, 5) is 15.6. The Morgan fingerprint density at radius 2 is 1.81 bits per heavy atom. The normalized spacial score (nSPS) is 15.7. The number of rotatable bonds is 5. The molecular formula is C24H24FN3O3. The van der Waals surface area contributed by atoms with Crippen LogP contribution in [0.2, 0.25) is 0 Å². The van der Waals surface area contributed by atoms with Gasteiger partial charge in [0.2, 0.25) is 0 Å². The van der Waals surface area contributed by atoms with Crippen LogP contribution in [0.25, 0.3) is 0 Å². The lowest BCUT2D eigenvalue weighted by Gasteiger charge is -2.25. The fraction of sp³-hybridized carbons (Fsp3) is 0.250. The third-order valence-corrected chi connectivity index (χ3v) is 5.46. The van der Waals surface area contributed by atoms with Crippen molar-refractivity contribution in [2.45, 2.75) is 26.3 Å². The Morgan fingerprint density at radius 1 is 1.06 bits per heavy atom. The number of benzene rings is 2. The Bertz CT molecular complexity index is 1220. The van der Waals surface area contributed by atoms with E-state index < -0.39 is 0 Å². The molecule has 0 saturated carbocycles. The first-order chi connectivity index (χ1) is 14.9. The number of pyridine rings is 1. The molecule has 0 spiro atoms. The van der Waals surface area contributed by atoms with Crippen molar-refractivity contribution in [3.05, 3.63) is 87.1 Å². The minimum absolute atomic E-state index is 0.197. The molecule has 0 unspecified atom stereocenters. The topological polar surface area (TPSA) is 66.9 Å². The molecule has 3 aromatic rings. The first kappa shape index (κ1) is 20.7. The summed E-state index contributed by atoms with van der Waals surface area (Å²) in [6.45, 7) is 3.73. The Kier molecular flexibility index (Phi) is 5.50. The number of nitrogens with zero attached hydrogens (tertiary/aromatic N) is 2. The number of ether oxygens (including phenoxy) is 2. The number of anilines is 1. The molecule has 0 aliphatic carbocycles. The first-order valence-electron chi connectivity index (χ1n) is 9.97. The van der Waals surface area contributed by atoms with Crippen LogP contribution in [0.15, 0.2) is 58.4 Å². The molecule has 1 aromatic heterocycles. The van der Waals surface area contributed by atoms with Crippen molar-refractivity contribution in [2.24, 2.45) is 5.10 Å². The number of nitrogens with one attached hydrogen (secondary N) is 1. The Labute approximate surface area is 179 Å². The van der Waals surface area contributed by atoms with E-state index in [1.807, 2.05) is 38.1 Å². The van der Waals surface area contributed by atoms with Gasteiger partial charge in [0.05, 0.1) is 37.2 Å². The second kappa shape index (κ2) is 8.26. The van der Waals surface area contributed by atoms with Crippen LogP contribution in [0.5, 0.6) is 11.5 Å². The van der Waals surface area contributed by atoms with E-state index in [-0.39, 0.29) is 17.4 Å². The number of hydrogen-bond donors (Lipinski definition) is 1. The average Bonchev–Trinajstić information content (AvgIpc) is 3.17. The molecule has 7 heteroatoms. The van der Waals surface area contributed by atoms with Gasteiger partial charge in [0.15, 0.2) is 11.5 Å². The van der Waals surface area contributed by atoms with Gasteiger partial charge in [-0.25, -0.2) is 4.39 Å². The molecule has 6 nitrogen and oxygen atoms in total. The summed E-state index contributed by atoms with van der Waals surface area (Å²) >= 11 is 0. The Morgan fingerprint density at radius 3 is 2.48 bits per heavy atom. The van der Waals surface area contributed by atoms with Crippen molar-refractivity contribution >= 4 is 11.4 Å². The SMILES string of the molecule is COc1ccc([C@H]2CC(c3c(C)cc(C)[nH]c3=O)=NN2c2ccccc2F)cc1OC. The standard InChI is InChI=1S/C24H24FN3O3/c1-14-11-15(2)26-24(29)23(14)18-13-20(16-9-10-21(30-3)22(12-16)31-4)28(27-18)19-8-6-5-7-17(19)25/h5-12,20H,13H2,1-4H3,(H,26,29)/t20-/m1/s1. The molecule has 0 fully saturated rings. The summed E-state index contributed by atoms with van der Waals surface area (Å²) in [5.41, 5.74) is 3.78. The molecule has 1 aliphatic rings. The van der Waals surface area contributed by atoms with E-state index in [4.69, 9.17) is 14.6 Å². The number of H-pyrrole nitrogens is 1. The molecule has 0 saturated heterocycles. The third kappa shape index (κ3) is 3.79. The zero-order chi connectivity index (χ0) is 22.1. The molecule has 0 radical (unpaired) electrons. The highest BCUT2D eigenvalue weighted by molar-refractivity contribution is 6.04. The molecule has 1 aliphatic heterocycles. The van der Waals surface area contributed by atoms with Gasteiger partial charge in [-0.2, -0.15) is 5.10 Å². The number of hydrogen-bond acceptors (Lipinski definition) is 5. The molecule has 2 aromatic carbocycles. The summed E-state index contributed by atoms with van der Waals surface area (Å²) in [6, 6.07) is 13.7. The van der Waals surface area contributed by atoms with Gasteiger partial charge in [-0.1, -0.05) is 18.2 Å². The van der Waals surface area contributed by atoms with E-state index in [1.165, 1.54) is 6.07 Å². The predicted molar refractivity (Wildman–Crippen MR) is 119 cm³/mol. The van der Waals surface area contributed by atoms with Crippen LogP contribution in [0.1, 0.15) is 34.8 Å². The summed E-state index contributed by atoms with van der Waals surface area (Å²) in [7, 11) is 3.15. The zero-order valence-electron chi connectivity index (χ0n) is 17.9. The maximum atomic E-state index is 14.7. The number of aromatic amines is 1. The number of aromatic nitrogens is 1. The van der Waals surface area contributed by atoms with Gasteiger partial charge in [-0.05, 0) is 55.3 Å². The van der Waals surface area contributed by atoms with Crippen molar-refractivity contribution in [1.29, 1.82) is 0 Å². The quantitative estimate of drug-likeness (QED) is 0.659. The van der Waals surface area contributed by atoms with E-state index in [1.54, 1.807) is 37.4 Å². The van der Waals surface area contributed by atoms with E-state index >= 15 is 0 Å². The van der Waals surface area contributed by atoms with Crippen LogP contribution in [0, 0.1) is 19.7 Å². The van der Waals surface area contributed by atoms with Gasteiger partial charge in [0.25, 0.3) is 5.56 Å². The van der Waals surface area contributed by atoms with Crippen LogP contribution in [0.4, 0.5) is 10.1 Å². The van der Waals surface area contributed by atoms with Crippen LogP contribution >= 0.6 is 0 Å². The molecule has 1 atom stereocenters. The maximum Gasteiger partial charge on any atom is 0.257 e. The highest BCUT2D eigenvalue weighted by Crippen LogP contribution is 2.40. The molecule has 2 heterocycles. The van der Waals surface area contributed by atoms with Gasteiger partial charge in [-0.3, -0.25) is 9.80 Å². The highest BCUT2D eigenvalue weighted by Gasteiger charge is 2.33. The summed E-state index contributed by atoms with van der Waals surface area (Å²) in [5, 5.41) is 6.36. The molecule has 0 bridgehead atoms. The maximum absolute atomic E-state index is 14.7. The lowest BCUT2D eigenvalue weighted by molar-refractivity contribution is 0.354. The number of para-hydroxylation sites is 1. The van der Waals surface area contributed by atoms with Crippen molar-refractivity contribution in [3.63, 3.8) is 0 Å². The Hall–Kier alpha value is -3.61. The van der Waals surface area contributed by atoms with Crippen molar-refractivity contribution in [3.8, 4) is 11.5 Å². The van der Waals surface area contributed by atoms with E-state index in [2.05, 4.69) is 4.98 Å². The second-order valence-electron chi connectivity index (χ2n) is 7.52. The summed E-state index contributed by atoms with van der Waals surface area (Å²) in [5.74, 6) is 0.799. The van der Waals surface area contributed by atoms with Crippen LogP contribution in [-0.4, -0.2) is 24.9 Å². The van der Waals surface area contributed by atoms with E-state index in [0.717, 1.165) is 16.8 Å². The van der Waals surface area contributed by atoms with Crippen molar-refractivity contribution in [1.82, 2.24) is 4.98 Å². The second-order valence-corrected chi connectivity index (χ2v) is 7.52. The van der Waals surface area contributed by atoms with E-state index in [0.29, 0.717) is 34.9 Å². The fourth-order valence-corrected chi connectivity index (χ4v) is 4.05. The fourth-order valence-electron chi connectivity index (χ4n) is 4.05. The zero-order valence-corrected chi connectivity index (χ0v) is 17.9. The van der Waals surface area contributed by atoms with Gasteiger partial charge in [0, 0.05) is 12.1 Å². The average molecular weight is 421 g/mol. The molecule has 4 rings (SSSR count). The number of hydrazone groups is 1. The van der Waals surface area contributed by atoms with Crippen molar-refractivity contribution < 1.29 is 13.9 Å². The minimum atomic E-state index is -0.382. The van der Waals surface area contributed by atoms with E-state index in [9.17, 15) is 9.18 Å². The molecule has 1 N–H and O–H groups in total. The largest absolute Gasteiger partial charge is 0.493 e. The number of halogens is 1. The van der Waals surface area contributed by atoms with Crippen LogP contribution in [-0.2, 0) is 0 Å². The van der Waals surface area contributed by atoms with Crippen molar-refractivity contribution in [2.75, 3.05) is 19.2 Å². The lowest BCUT2D eigenvalue weighted by atomic mass is 9.96. The predicted octanol–water partition coefficient (Wildman–Crippen LogP) is 4.50. The highest BCUT2D eigenvalue weighted by atomic mass is 19.1. The number of aryl methyl sites for hydroxylation is 2. The first-order valence-corrected chi connectivity index (χ1v) is 9.97. The molecule has 0 amide bonds. The smallest absolute Gasteiger partial charge is 0.257 e. The lowest BCUT2D eigenvalue weighted by Crippen LogP contribution is -2.20. The minimum Gasteiger partial charge on any atom is -0.493 e. The summed E-state index contributed by atoms with van der Waals surface area (Å²) < 4.78 is 25.5. The van der Waals surface area contributed by atoms with Crippen LogP contribution < -0.4 is 20.0 Å². The Balaban J connectivity index is 1.85. The molecular weight excluding hydrogens is 397 g/mol. The van der Waals surface area contributed by atoms with Crippen LogP contribution in [0.3, 0.4) is 0 Å². The van der Waals surface area contributed by atoms with Gasteiger partial charge < -0.3 is 14.5 Å². The molecule has 31 heavy (non-hydrogen) atoms. The monoisotopic (exact) mass is 421 g/mol. The van der Waals surface area contributed by atoms with Gasteiger partial charge in [-0.15, -0.1) is 0 Å². The summed E-state index contributed by atoms with van der Waals surface area (Å²) in [6.07, 6.45) is 0.441. The van der Waals surface area contributed by atoms with Gasteiger partial charge in [0.1, 0.15) is 5.82 Å². The van der Waals surface area contributed by atoms with Gasteiger partial charge >= 0.3 is 0 Å². The molecule has 160 valence electrons. The third-order valence-electron chi connectivity index (χ3n) is 5.46. The number of methoxy groups -OCH3 is 2.